The SMILES string of the molecule is Nc1cc(COC2CCOC2)ccc1[N+](=O)[O-]. The Hall–Kier alpha value is -1.66. The van der Waals surface area contributed by atoms with E-state index in [-0.39, 0.29) is 17.5 Å². The van der Waals surface area contributed by atoms with E-state index in [1.807, 2.05) is 0 Å². The number of nitrogens with zero attached hydrogens (tertiary/aromatic N) is 1. The summed E-state index contributed by atoms with van der Waals surface area (Å²) in [7, 11) is 0. The molecule has 6 nitrogen and oxygen atoms in total. The lowest BCUT2D eigenvalue weighted by Gasteiger charge is -2.10. The predicted molar refractivity (Wildman–Crippen MR) is 61.5 cm³/mol. The van der Waals surface area contributed by atoms with Gasteiger partial charge in [0.15, 0.2) is 0 Å². The highest BCUT2D eigenvalue weighted by Crippen LogP contribution is 2.23. The van der Waals surface area contributed by atoms with Crippen molar-refractivity contribution in [3.63, 3.8) is 0 Å². The van der Waals surface area contributed by atoms with E-state index in [1.54, 1.807) is 12.1 Å². The number of benzene rings is 1. The van der Waals surface area contributed by atoms with Crippen LogP contribution in [0.2, 0.25) is 0 Å². The number of nitro groups is 1. The highest BCUT2D eigenvalue weighted by Gasteiger charge is 2.16. The summed E-state index contributed by atoms with van der Waals surface area (Å²) in [6.07, 6.45) is 1.01. The molecule has 0 bridgehead atoms. The second-order valence-corrected chi connectivity index (χ2v) is 3.95. The molecule has 0 aromatic heterocycles. The van der Waals surface area contributed by atoms with Gasteiger partial charge in [0.1, 0.15) is 5.69 Å². The van der Waals surface area contributed by atoms with Crippen LogP contribution in [0.5, 0.6) is 0 Å². The van der Waals surface area contributed by atoms with E-state index in [1.165, 1.54) is 6.07 Å². The molecule has 1 saturated heterocycles. The van der Waals surface area contributed by atoms with Crippen molar-refractivity contribution in [2.24, 2.45) is 0 Å². The molecule has 1 unspecified atom stereocenters. The Morgan fingerprint density at radius 2 is 2.41 bits per heavy atom. The first-order valence-corrected chi connectivity index (χ1v) is 5.39. The van der Waals surface area contributed by atoms with Crippen LogP contribution in [0, 0.1) is 10.1 Å². The third-order valence-corrected chi connectivity index (χ3v) is 2.66. The van der Waals surface area contributed by atoms with Gasteiger partial charge >= 0.3 is 0 Å². The molecule has 1 heterocycles. The molecule has 17 heavy (non-hydrogen) atoms. The van der Waals surface area contributed by atoms with Gasteiger partial charge < -0.3 is 15.2 Å². The van der Waals surface area contributed by atoms with Gasteiger partial charge in [0.2, 0.25) is 0 Å². The van der Waals surface area contributed by atoms with Crippen molar-refractivity contribution >= 4 is 11.4 Å². The van der Waals surface area contributed by atoms with Gasteiger partial charge in [-0.15, -0.1) is 0 Å². The quantitative estimate of drug-likeness (QED) is 0.487. The number of nitrogen functional groups attached to an aromatic ring is 1. The van der Waals surface area contributed by atoms with Crippen LogP contribution in [0.4, 0.5) is 11.4 Å². The summed E-state index contributed by atoms with van der Waals surface area (Å²) >= 11 is 0. The monoisotopic (exact) mass is 238 g/mol. The number of nitrogens with two attached hydrogens (primary N) is 1. The van der Waals surface area contributed by atoms with E-state index < -0.39 is 4.92 Å². The fraction of sp³-hybridized carbons (Fsp3) is 0.455. The van der Waals surface area contributed by atoms with E-state index in [0.717, 1.165) is 18.6 Å². The van der Waals surface area contributed by atoms with Gasteiger partial charge in [0.05, 0.1) is 24.2 Å². The first-order chi connectivity index (χ1) is 8.16. The minimum atomic E-state index is -0.495. The Balaban J connectivity index is 1.97. The van der Waals surface area contributed by atoms with Crippen LogP contribution in [0.15, 0.2) is 18.2 Å². The van der Waals surface area contributed by atoms with Crippen molar-refractivity contribution in [2.75, 3.05) is 18.9 Å². The summed E-state index contributed by atoms with van der Waals surface area (Å²) in [5, 5.41) is 10.6. The second kappa shape index (κ2) is 5.11. The average molecular weight is 238 g/mol. The zero-order chi connectivity index (χ0) is 12.3. The zero-order valence-electron chi connectivity index (χ0n) is 9.30. The third kappa shape index (κ3) is 2.92. The molecule has 0 amide bonds. The molecule has 1 aliphatic rings. The molecule has 1 atom stereocenters. The standard InChI is InChI=1S/C11H14N2O4/c12-10-5-8(1-2-11(10)13(14)15)6-17-9-3-4-16-7-9/h1-2,5,9H,3-4,6-7,12H2. The van der Waals surface area contributed by atoms with Gasteiger partial charge in [-0.05, 0) is 24.1 Å². The Labute approximate surface area is 98.5 Å². The molecule has 6 heteroatoms. The van der Waals surface area contributed by atoms with E-state index in [0.29, 0.717) is 13.2 Å². The topological polar surface area (TPSA) is 87.6 Å². The Kier molecular flexibility index (Phi) is 3.55. The fourth-order valence-electron chi connectivity index (χ4n) is 1.72. The summed E-state index contributed by atoms with van der Waals surface area (Å²) in [6.45, 7) is 1.74. The summed E-state index contributed by atoms with van der Waals surface area (Å²) in [4.78, 5) is 10.1. The van der Waals surface area contributed by atoms with Gasteiger partial charge in [0.25, 0.3) is 5.69 Å². The number of ether oxygens (including phenoxy) is 2. The summed E-state index contributed by atoms with van der Waals surface area (Å²) < 4.78 is 10.8. The predicted octanol–water partition coefficient (Wildman–Crippen LogP) is 1.48. The largest absolute Gasteiger partial charge is 0.393 e. The number of hydrogen-bond donors (Lipinski definition) is 1. The molecule has 0 spiro atoms. The summed E-state index contributed by atoms with van der Waals surface area (Å²) in [6, 6.07) is 4.64. The van der Waals surface area contributed by atoms with Crippen molar-refractivity contribution in [3.05, 3.63) is 33.9 Å². The van der Waals surface area contributed by atoms with Crippen LogP contribution in [-0.4, -0.2) is 24.2 Å². The van der Waals surface area contributed by atoms with Gasteiger partial charge in [-0.1, -0.05) is 0 Å². The minimum Gasteiger partial charge on any atom is -0.393 e. The third-order valence-electron chi connectivity index (χ3n) is 2.66. The number of hydrogen-bond acceptors (Lipinski definition) is 5. The van der Waals surface area contributed by atoms with Crippen LogP contribution >= 0.6 is 0 Å². The molecule has 0 aliphatic carbocycles. The van der Waals surface area contributed by atoms with Crippen molar-refractivity contribution < 1.29 is 14.4 Å². The lowest BCUT2D eigenvalue weighted by molar-refractivity contribution is -0.383. The Bertz CT molecular complexity index is 416. The fourth-order valence-corrected chi connectivity index (χ4v) is 1.72. The van der Waals surface area contributed by atoms with Crippen molar-refractivity contribution in [1.29, 1.82) is 0 Å². The number of rotatable bonds is 4. The molecule has 0 radical (unpaired) electrons. The van der Waals surface area contributed by atoms with E-state index in [4.69, 9.17) is 15.2 Å². The van der Waals surface area contributed by atoms with Crippen LogP contribution in [-0.2, 0) is 16.1 Å². The molecule has 1 aromatic carbocycles. The number of nitro benzene ring substituents is 1. The maximum absolute atomic E-state index is 10.6. The Morgan fingerprint density at radius 3 is 3.00 bits per heavy atom. The maximum atomic E-state index is 10.6. The van der Waals surface area contributed by atoms with Crippen LogP contribution in [0.1, 0.15) is 12.0 Å². The molecule has 1 fully saturated rings. The van der Waals surface area contributed by atoms with Crippen LogP contribution in [0.3, 0.4) is 0 Å². The van der Waals surface area contributed by atoms with Crippen molar-refractivity contribution in [2.45, 2.75) is 19.1 Å². The number of anilines is 1. The normalized spacial score (nSPS) is 19.4. The minimum absolute atomic E-state index is 0.0713. The van der Waals surface area contributed by atoms with E-state index >= 15 is 0 Å². The second-order valence-electron chi connectivity index (χ2n) is 3.95. The van der Waals surface area contributed by atoms with Crippen LogP contribution in [0.25, 0.3) is 0 Å². The van der Waals surface area contributed by atoms with E-state index in [9.17, 15) is 10.1 Å². The lowest BCUT2D eigenvalue weighted by Crippen LogP contribution is -2.12. The highest BCUT2D eigenvalue weighted by molar-refractivity contribution is 5.59. The van der Waals surface area contributed by atoms with Crippen molar-refractivity contribution in [1.82, 2.24) is 0 Å². The Morgan fingerprint density at radius 1 is 1.59 bits per heavy atom. The van der Waals surface area contributed by atoms with Crippen LogP contribution < -0.4 is 5.73 Å². The van der Waals surface area contributed by atoms with Crippen molar-refractivity contribution in [3.8, 4) is 0 Å². The summed E-state index contributed by atoms with van der Waals surface area (Å²) in [5.41, 5.74) is 6.51. The molecule has 2 N–H and O–H groups in total. The maximum Gasteiger partial charge on any atom is 0.292 e. The smallest absolute Gasteiger partial charge is 0.292 e. The highest BCUT2D eigenvalue weighted by atomic mass is 16.6. The molecule has 0 saturated carbocycles. The molecule has 1 aromatic rings. The molecule has 1 aliphatic heterocycles. The molecule has 2 rings (SSSR count). The summed E-state index contributed by atoms with van der Waals surface area (Å²) in [5.74, 6) is 0. The molecule has 92 valence electrons. The van der Waals surface area contributed by atoms with Gasteiger partial charge in [0, 0.05) is 12.7 Å². The molecular formula is C11H14N2O4. The zero-order valence-corrected chi connectivity index (χ0v) is 9.30. The lowest BCUT2D eigenvalue weighted by atomic mass is 10.2. The van der Waals surface area contributed by atoms with E-state index in [2.05, 4.69) is 0 Å². The first kappa shape index (κ1) is 11.8. The first-order valence-electron chi connectivity index (χ1n) is 5.39. The molecular weight excluding hydrogens is 224 g/mol. The van der Waals surface area contributed by atoms with Gasteiger partial charge in [-0.3, -0.25) is 10.1 Å². The average Bonchev–Trinajstić information content (AvgIpc) is 2.78. The van der Waals surface area contributed by atoms with Gasteiger partial charge in [-0.2, -0.15) is 0 Å². The van der Waals surface area contributed by atoms with Gasteiger partial charge in [-0.25, -0.2) is 0 Å².